The van der Waals surface area contributed by atoms with E-state index in [0.717, 1.165) is 0 Å². The molecule has 0 radical (unpaired) electrons. The molecular weight excluding hydrogens is 156 g/mol. The summed E-state index contributed by atoms with van der Waals surface area (Å²) >= 11 is 0. The lowest BCUT2D eigenvalue weighted by Gasteiger charge is -2.09. The number of hydrogen-bond acceptors (Lipinski definition) is 3. The summed E-state index contributed by atoms with van der Waals surface area (Å²) in [6, 6.07) is 0. The van der Waals surface area contributed by atoms with Crippen molar-refractivity contribution in [2.75, 3.05) is 0 Å². The van der Waals surface area contributed by atoms with Gasteiger partial charge < -0.3 is 4.79 Å². The second-order valence-electron chi connectivity index (χ2n) is 2.22. The minimum Gasteiger partial charge on any atom is -0.303 e. The monoisotopic (exact) mass is 166 g/mol. The highest BCUT2D eigenvalue weighted by molar-refractivity contribution is 7.86. The molecule has 0 saturated carbocycles. The molecule has 2 unspecified atom stereocenters. The predicted octanol–water partition coefficient (Wildman–Crippen LogP) is 0.0977. The lowest BCUT2D eigenvalue weighted by atomic mass is 10.1. The molecule has 0 aliphatic heterocycles. The molecule has 0 bridgehead atoms. The Labute approximate surface area is 60.0 Å². The molecule has 4 nitrogen and oxygen atoms in total. The summed E-state index contributed by atoms with van der Waals surface area (Å²) in [6.45, 7) is 2.72. The lowest BCUT2D eigenvalue weighted by molar-refractivity contribution is -0.110. The van der Waals surface area contributed by atoms with E-state index in [1.165, 1.54) is 13.8 Å². The first-order chi connectivity index (χ1) is 4.39. The Morgan fingerprint density at radius 2 is 1.80 bits per heavy atom. The van der Waals surface area contributed by atoms with E-state index < -0.39 is 21.3 Å². The molecule has 5 heteroatoms. The molecule has 2 atom stereocenters. The largest absolute Gasteiger partial charge is 0.303 e. The van der Waals surface area contributed by atoms with Gasteiger partial charge in [0.25, 0.3) is 10.1 Å². The summed E-state index contributed by atoms with van der Waals surface area (Å²) < 4.78 is 29.1. The van der Waals surface area contributed by atoms with E-state index in [4.69, 9.17) is 4.55 Å². The number of carbonyl (C=O) groups is 1. The number of rotatable bonds is 3. The van der Waals surface area contributed by atoms with Gasteiger partial charge in [-0.2, -0.15) is 8.42 Å². The molecular formula is C5H10O4S. The normalized spacial score (nSPS) is 17.9. The van der Waals surface area contributed by atoms with Crippen molar-refractivity contribution in [1.82, 2.24) is 0 Å². The number of hydrogen-bond donors (Lipinski definition) is 1. The van der Waals surface area contributed by atoms with Crippen LogP contribution in [0.1, 0.15) is 13.8 Å². The van der Waals surface area contributed by atoms with Crippen molar-refractivity contribution >= 4 is 16.4 Å². The van der Waals surface area contributed by atoms with Crippen LogP contribution in [0.25, 0.3) is 0 Å². The average molecular weight is 166 g/mol. The van der Waals surface area contributed by atoms with E-state index in [9.17, 15) is 13.2 Å². The summed E-state index contributed by atoms with van der Waals surface area (Å²) in [5, 5.41) is -1.01. The van der Waals surface area contributed by atoms with Crippen LogP contribution in [0.2, 0.25) is 0 Å². The van der Waals surface area contributed by atoms with Gasteiger partial charge in [0, 0.05) is 5.92 Å². The van der Waals surface area contributed by atoms with Crippen molar-refractivity contribution < 1.29 is 17.8 Å². The van der Waals surface area contributed by atoms with Crippen LogP contribution in [0.5, 0.6) is 0 Å². The Morgan fingerprint density at radius 3 is 1.90 bits per heavy atom. The van der Waals surface area contributed by atoms with Gasteiger partial charge >= 0.3 is 0 Å². The third-order valence-corrected chi connectivity index (χ3v) is 2.79. The van der Waals surface area contributed by atoms with Crippen molar-refractivity contribution in [3.63, 3.8) is 0 Å². The molecule has 0 rings (SSSR count). The maximum atomic E-state index is 10.3. The van der Waals surface area contributed by atoms with E-state index in [1.54, 1.807) is 0 Å². The van der Waals surface area contributed by atoms with E-state index in [-0.39, 0.29) is 0 Å². The van der Waals surface area contributed by atoms with Gasteiger partial charge in [-0.05, 0) is 6.92 Å². The number of carbonyl (C=O) groups excluding carboxylic acids is 1. The zero-order chi connectivity index (χ0) is 8.36. The second kappa shape index (κ2) is 3.12. The Hall–Kier alpha value is -0.420. The van der Waals surface area contributed by atoms with Crippen molar-refractivity contribution in [2.24, 2.45) is 5.92 Å². The Morgan fingerprint density at radius 1 is 1.40 bits per heavy atom. The Bertz CT molecular complexity index is 206. The van der Waals surface area contributed by atoms with Crippen LogP contribution in [0.4, 0.5) is 0 Å². The molecule has 0 aromatic carbocycles. The van der Waals surface area contributed by atoms with Gasteiger partial charge in [-0.3, -0.25) is 4.55 Å². The van der Waals surface area contributed by atoms with E-state index >= 15 is 0 Å². The molecule has 0 heterocycles. The molecule has 10 heavy (non-hydrogen) atoms. The summed E-state index contributed by atoms with van der Waals surface area (Å²) in [7, 11) is -4.05. The highest BCUT2D eigenvalue weighted by Gasteiger charge is 2.23. The zero-order valence-electron chi connectivity index (χ0n) is 5.81. The molecule has 1 N–H and O–H groups in total. The summed E-state index contributed by atoms with van der Waals surface area (Å²) in [6.07, 6.45) is 0.498. The molecule has 0 amide bonds. The van der Waals surface area contributed by atoms with Crippen LogP contribution in [0, 0.1) is 5.92 Å². The van der Waals surface area contributed by atoms with Gasteiger partial charge in [0.2, 0.25) is 0 Å². The van der Waals surface area contributed by atoms with Gasteiger partial charge in [0.15, 0.2) is 0 Å². The molecule has 0 saturated heterocycles. The van der Waals surface area contributed by atoms with Crippen molar-refractivity contribution in [3.05, 3.63) is 0 Å². The SMILES string of the molecule is CC(C=O)C(C)S(=O)(=O)O. The molecule has 0 spiro atoms. The second-order valence-corrected chi connectivity index (χ2v) is 3.99. The fraction of sp³-hybridized carbons (Fsp3) is 0.800. The van der Waals surface area contributed by atoms with Crippen molar-refractivity contribution in [2.45, 2.75) is 19.1 Å². The zero-order valence-corrected chi connectivity index (χ0v) is 6.63. The lowest BCUT2D eigenvalue weighted by Crippen LogP contribution is -2.25. The molecule has 60 valence electrons. The van der Waals surface area contributed by atoms with Crippen LogP contribution in [-0.4, -0.2) is 24.5 Å². The first kappa shape index (κ1) is 9.58. The molecule has 0 aromatic rings. The van der Waals surface area contributed by atoms with E-state index in [0.29, 0.717) is 6.29 Å². The summed E-state index contributed by atoms with van der Waals surface area (Å²) in [5.74, 6) is -0.657. The van der Waals surface area contributed by atoms with E-state index in [2.05, 4.69) is 0 Å². The maximum Gasteiger partial charge on any atom is 0.268 e. The standard InChI is InChI=1S/C5H10O4S/c1-4(3-6)5(2)10(7,8)9/h3-5H,1-2H3,(H,7,8,9). The van der Waals surface area contributed by atoms with Crippen LogP contribution in [-0.2, 0) is 14.9 Å². The highest BCUT2D eigenvalue weighted by Crippen LogP contribution is 2.07. The van der Waals surface area contributed by atoms with Crippen LogP contribution >= 0.6 is 0 Å². The smallest absolute Gasteiger partial charge is 0.268 e. The van der Waals surface area contributed by atoms with Gasteiger partial charge in [0.1, 0.15) is 6.29 Å². The minimum atomic E-state index is -4.05. The average Bonchev–Trinajstić information content (AvgIpc) is 1.83. The molecule has 0 aromatic heterocycles. The minimum absolute atomic E-state index is 0.498. The third kappa shape index (κ3) is 2.45. The van der Waals surface area contributed by atoms with Gasteiger partial charge in [0.05, 0.1) is 5.25 Å². The first-order valence-electron chi connectivity index (χ1n) is 2.81. The highest BCUT2D eigenvalue weighted by atomic mass is 32.2. The Kier molecular flexibility index (Phi) is 2.98. The van der Waals surface area contributed by atoms with Crippen LogP contribution in [0.3, 0.4) is 0 Å². The summed E-state index contributed by atoms with van der Waals surface area (Å²) in [4.78, 5) is 10.0. The first-order valence-corrected chi connectivity index (χ1v) is 4.31. The maximum absolute atomic E-state index is 10.3. The predicted molar refractivity (Wildman–Crippen MR) is 36.2 cm³/mol. The fourth-order valence-electron chi connectivity index (χ4n) is 0.382. The fourth-order valence-corrected chi connectivity index (χ4v) is 0.989. The summed E-state index contributed by atoms with van der Waals surface area (Å²) in [5.41, 5.74) is 0. The number of aldehydes is 1. The molecule has 0 aliphatic rings. The van der Waals surface area contributed by atoms with Gasteiger partial charge in [-0.25, -0.2) is 0 Å². The van der Waals surface area contributed by atoms with Gasteiger partial charge in [-0.1, -0.05) is 6.92 Å². The Balaban J connectivity index is 4.37. The van der Waals surface area contributed by atoms with E-state index in [1.807, 2.05) is 0 Å². The van der Waals surface area contributed by atoms with Crippen LogP contribution < -0.4 is 0 Å². The van der Waals surface area contributed by atoms with Gasteiger partial charge in [-0.15, -0.1) is 0 Å². The topological polar surface area (TPSA) is 71.4 Å². The van der Waals surface area contributed by atoms with Crippen LogP contribution in [0.15, 0.2) is 0 Å². The molecule has 0 aliphatic carbocycles. The quantitative estimate of drug-likeness (QED) is 0.476. The molecule has 0 fully saturated rings. The third-order valence-electron chi connectivity index (χ3n) is 1.42. The van der Waals surface area contributed by atoms with Crippen molar-refractivity contribution in [3.8, 4) is 0 Å². The van der Waals surface area contributed by atoms with Crippen molar-refractivity contribution in [1.29, 1.82) is 0 Å².